The number of nitrogens with zero attached hydrogens (tertiary/aromatic N) is 1. The lowest BCUT2D eigenvalue weighted by atomic mass is 10.2. The first kappa shape index (κ1) is 13.9. The van der Waals surface area contributed by atoms with Crippen molar-refractivity contribution in [3.05, 3.63) is 30.5 Å². The Labute approximate surface area is 116 Å². The van der Waals surface area contributed by atoms with E-state index in [-0.39, 0.29) is 18.4 Å². The van der Waals surface area contributed by atoms with Crippen LogP contribution >= 0.6 is 0 Å². The fourth-order valence-electron chi connectivity index (χ4n) is 1.92. The number of rotatable bonds is 4. The van der Waals surface area contributed by atoms with Crippen LogP contribution in [0.5, 0.6) is 5.75 Å². The molecule has 2 rings (SSSR count). The minimum absolute atomic E-state index is 0.137. The molecule has 6 nitrogen and oxygen atoms in total. The Kier molecular flexibility index (Phi) is 4.24. The van der Waals surface area contributed by atoms with Gasteiger partial charge in [0.25, 0.3) is 5.91 Å². The lowest BCUT2D eigenvalue weighted by Crippen LogP contribution is -2.41. The van der Waals surface area contributed by atoms with Crippen LogP contribution in [0.3, 0.4) is 0 Å². The average molecular weight is 275 g/mol. The van der Waals surface area contributed by atoms with Crippen LogP contribution < -0.4 is 15.6 Å². The molecule has 0 aliphatic heterocycles. The van der Waals surface area contributed by atoms with Gasteiger partial charge in [-0.2, -0.15) is 0 Å². The summed E-state index contributed by atoms with van der Waals surface area (Å²) < 4.78 is 7.24. The van der Waals surface area contributed by atoms with Gasteiger partial charge in [-0.25, -0.2) is 0 Å². The smallest absolute Gasteiger partial charge is 0.258 e. The van der Waals surface area contributed by atoms with E-state index in [1.54, 1.807) is 0 Å². The lowest BCUT2D eigenvalue weighted by Gasteiger charge is -2.08. The van der Waals surface area contributed by atoms with Gasteiger partial charge in [0.2, 0.25) is 5.91 Å². The molecule has 0 saturated carbocycles. The summed E-state index contributed by atoms with van der Waals surface area (Å²) in [4.78, 5) is 22.4. The molecule has 0 bridgehead atoms. The molecule has 2 amide bonds. The number of aromatic nitrogens is 1. The van der Waals surface area contributed by atoms with Gasteiger partial charge in [0, 0.05) is 24.0 Å². The number of fused-ring (bicyclic) bond motifs is 1. The van der Waals surface area contributed by atoms with Crippen molar-refractivity contribution in [1.29, 1.82) is 0 Å². The molecule has 0 aliphatic rings. The largest absolute Gasteiger partial charge is 0.494 e. The Morgan fingerprint density at radius 2 is 2.05 bits per heavy atom. The van der Waals surface area contributed by atoms with E-state index in [4.69, 9.17) is 4.74 Å². The molecule has 106 valence electrons. The van der Waals surface area contributed by atoms with Crippen molar-refractivity contribution in [2.24, 2.45) is 0 Å². The maximum Gasteiger partial charge on any atom is 0.258 e. The van der Waals surface area contributed by atoms with Gasteiger partial charge in [-0.3, -0.25) is 20.4 Å². The van der Waals surface area contributed by atoms with Gasteiger partial charge in [-0.05, 0) is 31.2 Å². The molecule has 1 aromatic heterocycles. The summed E-state index contributed by atoms with van der Waals surface area (Å²) >= 11 is 0. The Bertz CT molecular complexity index is 634. The van der Waals surface area contributed by atoms with Gasteiger partial charge in [0.05, 0.1) is 6.61 Å². The maximum absolute atomic E-state index is 11.7. The van der Waals surface area contributed by atoms with Crippen molar-refractivity contribution in [3.63, 3.8) is 0 Å². The first-order valence-electron chi connectivity index (χ1n) is 6.37. The van der Waals surface area contributed by atoms with E-state index in [1.807, 2.05) is 42.0 Å². The first-order chi connectivity index (χ1) is 9.60. The highest BCUT2D eigenvalue weighted by Crippen LogP contribution is 2.21. The number of ether oxygens (including phenoxy) is 1. The van der Waals surface area contributed by atoms with Crippen LogP contribution in [0, 0.1) is 0 Å². The van der Waals surface area contributed by atoms with Gasteiger partial charge in [-0.15, -0.1) is 0 Å². The van der Waals surface area contributed by atoms with E-state index < -0.39 is 0 Å². The van der Waals surface area contributed by atoms with E-state index in [2.05, 4.69) is 10.9 Å². The number of hydrogen-bond donors (Lipinski definition) is 2. The summed E-state index contributed by atoms with van der Waals surface area (Å²) in [6.07, 6.45) is 1.83. The molecule has 0 saturated heterocycles. The number of nitrogens with one attached hydrogen (secondary N) is 2. The highest BCUT2D eigenvalue weighted by molar-refractivity contribution is 5.85. The number of amides is 2. The second kappa shape index (κ2) is 6.10. The van der Waals surface area contributed by atoms with E-state index in [0.717, 1.165) is 16.7 Å². The molecule has 0 atom stereocenters. The van der Waals surface area contributed by atoms with Crippen LogP contribution in [-0.4, -0.2) is 23.0 Å². The highest BCUT2D eigenvalue weighted by Gasteiger charge is 2.07. The highest BCUT2D eigenvalue weighted by atomic mass is 16.5. The Hall–Kier alpha value is -2.50. The molecular formula is C14H17N3O3. The van der Waals surface area contributed by atoms with E-state index in [9.17, 15) is 9.59 Å². The molecule has 0 aliphatic carbocycles. The number of hydrogen-bond acceptors (Lipinski definition) is 3. The number of carbonyl (C=O) groups excluding carboxylic acids is 2. The zero-order valence-electron chi connectivity index (χ0n) is 11.5. The van der Waals surface area contributed by atoms with Gasteiger partial charge >= 0.3 is 0 Å². The van der Waals surface area contributed by atoms with Crippen molar-refractivity contribution in [1.82, 2.24) is 15.4 Å². The standard InChI is InChI=1S/C14H17N3O3/c1-3-20-12-4-5-13-11(8-12)6-7-17(13)9-14(19)16-15-10(2)18/h4-8H,3,9H2,1-2H3,(H,15,18)(H,16,19). The Balaban J connectivity index is 2.11. The summed E-state index contributed by atoms with van der Waals surface area (Å²) in [6.45, 7) is 4.02. The summed E-state index contributed by atoms with van der Waals surface area (Å²) in [5.74, 6) is 0.212. The molecule has 0 fully saturated rings. The second-order valence-corrected chi connectivity index (χ2v) is 4.33. The fraction of sp³-hybridized carbons (Fsp3) is 0.286. The zero-order valence-corrected chi connectivity index (χ0v) is 11.5. The number of benzene rings is 1. The predicted octanol–water partition coefficient (Wildman–Crippen LogP) is 1.21. The van der Waals surface area contributed by atoms with Gasteiger partial charge in [0.1, 0.15) is 12.3 Å². The van der Waals surface area contributed by atoms with Gasteiger partial charge in [-0.1, -0.05) is 0 Å². The molecule has 0 radical (unpaired) electrons. The average Bonchev–Trinajstić information content (AvgIpc) is 2.79. The normalized spacial score (nSPS) is 10.3. The summed E-state index contributed by atoms with van der Waals surface area (Å²) in [5.41, 5.74) is 5.53. The Morgan fingerprint density at radius 1 is 1.25 bits per heavy atom. The third-order valence-corrected chi connectivity index (χ3v) is 2.75. The van der Waals surface area contributed by atoms with Crippen LogP contribution in [0.2, 0.25) is 0 Å². The minimum atomic E-state index is -0.308. The molecule has 0 spiro atoms. The minimum Gasteiger partial charge on any atom is -0.494 e. The maximum atomic E-state index is 11.7. The fourth-order valence-corrected chi connectivity index (χ4v) is 1.92. The summed E-state index contributed by atoms with van der Waals surface area (Å²) in [6, 6.07) is 7.63. The van der Waals surface area contributed by atoms with Crippen molar-refractivity contribution < 1.29 is 14.3 Å². The van der Waals surface area contributed by atoms with Crippen LogP contribution in [0.15, 0.2) is 30.5 Å². The third kappa shape index (κ3) is 3.28. The van der Waals surface area contributed by atoms with E-state index >= 15 is 0 Å². The number of hydrazine groups is 1. The SMILES string of the molecule is CCOc1ccc2c(ccn2CC(=O)NNC(C)=O)c1. The molecule has 2 aromatic rings. The molecule has 2 N–H and O–H groups in total. The van der Waals surface area contributed by atoms with Crippen LogP contribution in [-0.2, 0) is 16.1 Å². The predicted molar refractivity (Wildman–Crippen MR) is 75.1 cm³/mol. The lowest BCUT2D eigenvalue weighted by molar-refractivity contribution is -0.128. The van der Waals surface area contributed by atoms with Gasteiger partial charge in [0.15, 0.2) is 0 Å². The topological polar surface area (TPSA) is 72.4 Å². The monoisotopic (exact) mass is 275 g/mol. The van der Waals surface area contributed by atoms with Crippen LogP contribution in [0.25, 0.3) is 10.9 Å². The first-order valence-corrected chi connectivity index (χ1v) is 6.37. The zero-order chi connectivity index (χ0) is 14.5. The molecule has 6 heteroatoms. The Morgan fingerprint density at radius 3 is 2.75 bits per heavy atom. The van der Waals surface area contributed by atoms with E-state index in [1.165, 1.54) is 6.92 Å². The second-order valence-electron chi connectivity index (χ2n) is 4.33. The van der Waals surface area contributed by atoms with Gasteiger partial charge < -0.3 is 9.30 Å². The summed E-state index contributed by atoms with van der Waals surface area (Å²) in [5, 5.41) is 1.00. The summed E-state index contributed by atoms with van der Waals surface area (Å²) in [7, 11) is 0. The van der Waals surface area contributed by atoms with Crippen molar-refractivity contribution in [2.45, 2.75) is 20.4 Å². The number of carbonyl (C=O) groups is 2. The molecular weight excluding hydrogens is 258 g/mol. The quantitative estimate of drug-likeness (QED) is 0.824. The molecule has 1 aromatic carbocycles. The third-order valence-electron chi connectivity index (χ3n) is 2.75. The van der Waals surface area contributed by atoms with Crippen molar-refractivity contribution in [3.8, 4) is 5.75 Å². The van der Waals surface area contributed by atoms with Crippen LogP contribution in [0.1, 0.15) is 13.8 Å². The van der Waals surface area contributed by atoms with Crippen LogP contribution in [0.4, 0.5) is 0 Å². The molecule has 1 heterocycles. The van der Waals surface area contributed by atoms with E-state index in [0.29, 0.717) is 6.61 Å². The molecule has 20 heavy (non-hydrogen) atoms. The van der Waals surface area contributed by atoms with Crippen molar-refractivity contribution in [2.75, 3.05) is 6.61 Å². The van der Waals surface area contributed by atoms with Crippen molar-refractivity contribution >= 4 is 22.7 Å². The molecule has 0 unspecified atom stereocenters.